The molecular weight excluding hydrogens is 466 g/mol. The topological polar surface area (TPSA) is 69.9 Å². The fraction of sp³-hybridized carbons (Fsp3) is 0.179. The number of fused-ring (bicyclic) bond motifs is 1. The summed E-state index contributed by atoms with van der Waals surface area (Å²) >= 11 is 6.02. The van der Waals surface area contributed by atoms with Gasteiger partial charge in [0.05, 0.1) is 27.1 Å². The molecule has 180 valence electrons. The summed E-state index contributed by atoms with van der Waals surface area (Å²) in [4.78, 5) is 12.7. The average Bonchev–Trinajstić information content (AvgIpc) is 3.26. The van der Waals surface area contributed by atoms with Crippen LogP contribution < -0.4 is 19.5 Å². The van der Waals surface area contributed by atoms with Gasteiger partial charge in [0.1, 0.15) is 11.3 Å². The van der Waals surface area contributed by atoms with Crippen molar-refractivity contribution in [1.29, 1.82) is 0 Å². The van der Waals surface area contributed by atoms with Crippen LogP contribution in [0.25, 0.3) is 27.7 Å². The van der Waals surface area contributed by atoms with Crippen LogP contribution in [0.4, 0.5) is 5.69 Å². The minimum absolute atomic E-state index is 0.264. The summed E-state index contributed by atoms with van der Waals surface area (Å²) in [5.41, 5.74) is 4.65. The van der Waals surface area contributed by atoms with Crippen molar-refractivity contribution in [2.75, 3.05) is 26.1 Å². The number of hydrogen-bond acceptors (Lipinski definition) is 5. The van der Waals surface area contributed by atoms with Gasteiger partial charge in [-0.1, -0.05) is 23.7 Å². The molecule has 1 amide bonds. The van der Waals surface area contributed by atoms with Crippen molar-refractivity contribution in [2.24, 2.45) is 0 Å². The molecule has 0 aliphatic heterocycles. The molecule has 1 aromatic heterocycles. The number of carbonyl (C=O) groups excluding carboxylic acids is 1. The van der Waals surface area contributed by atoms with Gasteiger partial charge in [-0.3, -0.25) is 4.79 Å². The molecule has 0 saturated carbocycles. The van der Waals surface area contributed by atoms with Crippen LogP contribution in [0, 0.1) is 0 Å². The standard InChI is InChI=1S/C28H26ClNO5/c1-5-34-25-15-26-22(23(16-35-26)18-9-10-24(32-3)27(12-18)33-4)14-21(25)17(2)11-28(31)30-20-8-6-7-19(29)13-20/h6-16H,5H2,1-4H3,(H,30,31)/b17-11+. The molecule has 7 heteroatoms. The number of methoxy groups -OCH3 is 2. The molecule has 0 radical (unpaired) electrons. The zero-order chi connectivity index (χ0) is 24.9. The lowest BCUT2D eigenvalue weighted by Gasteiger charge is -2.12. The predicted molar refractivity (Wildman–Crippen MR) is 140 cm³/mol. The maximum Gasteiger partial charge on any atom is 0.248 e. The highest BCUT2D eigenvalue weighted by atomic mass is 35.5. The van der Waals surface area contributed by atoms with Crippen molar-refractivity contribution < 1.29 is 23.4 Å². The highest BCUT2D eigenvalue weighted by molar-refractivity contribution is 6.31. The van der Waals surface area contributed by atoms with E-state index in [0.717, 1.165) is 27.6 Å². The summed E-state index contributed by atoms with van der Waals surface area (Å²) in [6.45, 7) is 4.26. The van der Waals surface area contributed by atoms with Gasteiger partial charge in [0, 0.05) is 39.4 Å². The number of carbonyl (C=O) groups is 1. The molecule has 0 atom stereocenters. The summed E-state index contributed by atoms with van der Waals surface area (Å²) in [5, 5.41) is 4.28. The van der Waals surface area contributed by atoms with Crippen LogP contribution in [0.1, 0.15) is 19.4 Å². The first-order chi connectivity index (χ1) is 16.9. The highest BCUT2D eigenvalue weighted by Crippen LogP contribution is 2.40. The lowest BCUT2D eigenvalue weighted by atomic mass is 9.99. The molecule has 0 aliphatic carbocycles. The summed E-state index contributed by atoms with van der Waals surface area (Å²) in [6, 6.07) is 16.6. The van der Waals surface area contributed by atoms with Crippen molar-refractivity contribution in [3.63, 3.8) is 0 Å². The SMILES string of the molecule is CCOc1cc2occ(-c3ccc(OC)c(OC)c3)c2cc1/C(C)=C/C(=O)Nc1cccc(Cl)c1. The molecule has 4 aromatic rings. The second-order valence-corrected chi connectivity index (χ2v) is 8.26. The molecule has 0 spiro atoms. The van der Waals surface area contributed by atoms with Crippen LogP contribution in [-0.2, 0) is 4.79 Å². The first-order valence-corrected chi connectivity index (χ1v) is 11.5. The Balaban J connectivity index is 1.74. The minimum Gasteiger partial charge on any atom is -0.493 e. The molecule has 4 rings (SSSR count). The van der Waals surface area contributed by atoms with Crippen LogP contribution in [0.5, 0.6) is 17.2 Å². The molecule has 0 aliphatic rings. The third-order valence-corrected chi connectivity index (χ3v) is 5.77. The maximum absolute atomic E-state index is 12.7. The van der Waals surface area contributed by atoms with E-state index in [1.807, 2.05) is 44.2 Å². The van der Waals surface area contributed by atoms with Crippen molar-refractivity contribution in [3.05, 3.63) is 77.5 Å². The van der Waals surface area contributed by atoms with Gasteiger partial charge >= 0.3 is 0 Å². The van der Waals surface area contributed by atoms with E-state index in [9.17, 15) is 4.79 Å². The van der Waals surface area contributed by atoms with E-state index in [2.05, 4.69) is 5.32 Å². The Morgan fingerprint density at radius 3 is 2.54 bits per heavy atom. The van der Waals surface area contributed by atoms with Crippen LogP contribution in [-0.4, -0.2) is 26.7 Å². The Bertz CT molecular complexity index is 1410. The zero-order valence-electron chi connectivity index (χ0n) is 20.0. The lowest BCUT2D eigenvalue weighted by molar-refractivity contribution is -0.111. The Labute approximate surface area is 209 Å². The number of allylic oxidation sites excluding steroid dienone is 1. The number of amides is 1. The molecule has 6 nitrogen and oxygen atoms in total. The molecule has 0 fully saturated rings. The van der Waals surface area contributed by atoms with E-state index < -0.39 is 0 Å². The fourth-order valence-corrected chi connectivity index (χ4v) is 4.07. The van der Waals surface area contributed by atoms with E-state index in [-0.39, 0.29) is 5.91 Å². The average molecular weight is 492 g/mol. The molecule has 0 unspecified atom stereocenters. The van der Waals surface area contributed by atoms with Crippen LogP contribution in [0.3, 0.4) is 0 Å². The first kappa shape index (κ1) is 24.2. The Morgan fingerprint density at radius 2 is 1.83 bits per heavy atom. The van der Waals surface area contributed by atoms with Gasteiger partial charge in [-0.25, -0.2) is 0 Å². The smallest absolute Gasteiger partial charge is 0.248 e. The van der Waals surface area contributed by atoms with Gasteiger partial charge in [0.25, 0.3) is 0 Å². The lowest BCUT2D eigenvalue weighted by Crippen LogP contribution is -2.08. The van der Waals surface area contributed by atoms with E-state index >= 15 is 0 Å². The van der Waals surface area contributed by atoms with Crippen LogP contribution in [0.2, 0.25) is 5.02 Å². The van der Waals surface area contributed by atoms with Crippen LogP contribution >= 0.6 is 11.6 Å². The molecule has 0 bridgehead atoms. The molecular formula is C28H26ClNO5. The van der Waals surface area contributed by atoms with E-state index in [4.69, 9.17) is 30.2 Å². The van der Waals surface area contributed by atoms with Gasteiger partial charge in [0.15, 0.2) is 11.5 Å². The Kier molecular flexibility index (Phi) is 7.32. The van der Waals surface area contributed by atoms with Crippen molar-refractivity contribution in [2.45, 2.75) is 13.8 Å². The largest absolute Gasteiger partial charge is 0.493 e. The van der Waals surface area contributed by atoms with Gasteiger partial charge in [-0.05, 0) is 61.4 Å². The summed E-state index contributed by atoms with van der Waals surface area (Å²) in [5.74, 6) is 1.64. The van der Waals surface area contributed by atoms with Crippen molar-refractivity contribution >= 4 is 39.7 Å². The fourth-order valence-electron chi connectivity index (χ4n) is 3.88. The first-order valence-electron chi connectivity index (χ1n) is 11.1. The van der Waals surface area contributed by atoms with Gasteiger partial charge in [-0.15, -0.1) is 0 Å². The van der Waals surface area contributed by atoms with Crippen molar-refractivity contribution in [1.82, 2.24) is 0 Å². The molecule has 3 aromatic carbocycles. The maximum atomic E-state index is 12.7. The van der Waals surface area contributed by atoms with E-state index in [1.165, 1.54) is 0 Å². The zero-order valence-corrected chi connectivity index (χ0v) is 20.7. The van der Waals surface area contributed by atoms with Crippen LogP contribution in [0.15, 0.2) is 71.4 Å². The minimum atomic E-state index is -0.264. The number of nitrogens with one attached hydrogen (secondary N) is 1. The third-order valence-electron chi connectivity index (χ3n) is 5.53. The van der Waals surface area contributed by atoms with Gasteiger partial charge in [-0.2, -0.15) is 0 Å². The monoisotopic (exact) mass is 491 g/mol. The number of benzene rings is 3. The number of hydrogen-bond donors (Lipinski definition) is 1. The second kappa shape index (κ2) is 10.6. The van der Waals surface area contributed by atoms with Crippen molar-refractivity contribution in [3.8, 4) is 28.4 Å². The van der Waals surface area contributed by atoms with E-state index in [0.29, 0.717) is 40.1 Å². The summed E-state index contributed by atoms with van der Waals surface area (Å²) in [7, 11) is 3.20. The number of ether oxygens (including phenoxy) is 3. The summed E-state index contributed by atoms with van der Waals surface area (Å²) in [6.07, 6.45) is 3.25. The number of furan rings is 1. The molecule has 1 N–H and O–H groups in total. The molecule has 35 heavy (non-hydrogen) atoms. The Hall–Kier alpha value is -3.90. The normalized spacial score (nSPS) is 11.4. The van der Waals surface area contributed by atoms with Gasteiger partial charge < -0.3 is 23.9 Å². The summed E-state index contributed by atoms with van der Waals surface area (Å²) < 4.78 is 22.6. The molecule has 1 heterocycles. The van der Waals surface area contributed by atoms with E-state index in [1.54, 1.807) is 50.8 Å². The predicted octanol–water partition coefficient (Wildman–Crippen LogP) is 7.21. The Morgan fingerprint density at radius 1 is 1.03 bits per heavy atom. The molecule has 0 saturated heterocycles. The van der Waals surface area contributed by atoms with Gasteiger partial charge in [0.2, 0.25) is 5.91 Å². The second-order valence-electron chi connectivity index (χ2n) is 7.82. The number of anilines is 1. The third kappa shape index (κ3) is 5.28. The number of rotatable bonds is 8. The number of halogens is 1. The quantitative estimate of drug-likeness (QED) is 0.264. The highest BCUT2D eigenvalue weighted by Gasteiger charge is 2.16.